The number of halogens is 4. The van der Waals surface area contributed by atoms with Crippen LogP contribution in [0.25, 0.3) is 11.1 Å². The minimum atomic E-state index is -5.04. The van der Waals surface area contributed by atoms with Crippen LogP contribution >= 0.6 is 0 Å². The highest BCUT2D eigenvalue weighted by Crippen LogP contribution is 2.34. The van der Waals surface area contributed by atoms with E-state index >= 15 is 0 Å². The number of hydrogen-bond donors (Lipinski definition) is 1. The summed E-state index contributed by atoms with van der Waals surface area (Å²) in [6.45, 7) is 1.76. The maximum atomic E-state index is 14.4. The molecule has 0 amide bonds. The Kier molecular flexibility index (Phi) is 5.75. The number of H-pyrrole nitrogens is 1. The molecule has 10 heteroatoms. The van der Waals surface area contributed by atoms with E-state index in [0.29, 0.717) is 11.2 Å². The summed E-state index contributed by atoms with van der Waals surface area (Å²) in [4.78, 5) is 31.2. The molecule has 0 saturated heterocycles. The first-order chi connectivity index (χ1) is 15.6. The topological polar surface area (TPSA) is 85.2 Å². The Bertz CT molecular complexity index is 1390. The molecule has 2 aromatic carbocycles. The number of alkyl halides is 3. The number of ether oxygens (including phenoxy) is 1. The third kappa shape index (κ3) is 4.94. The third-order valence-corrected chi connectivity index (χ3v) is 5.09. The molecule has 0 aliphatic carbocycles. The van der Waals surface area contributed by atoms with E-state index in [1.807, 2.05) is 0 Å². The standard InChI is InChI=1S/C23H16F4N2O4/c1-12-3-2-8-28-21(12)15(13-4-6-19(16(24)9-13)33-23(25,26)27)11-18(30)14-5-7-20-17(10-14)29-22(31)32-20/h2-10,15H,11H2,1H3,(H,29,31)/t15-/m0/s1. The molecule has 33 heavy (non-hydrogen) atoms. The van der Waals surface area contributed by atoms with Crippen molar-refractivity contribution in [3.63, 3.8) is 0 Å². The summed E-state index contributed by atoms with van der Waals surface area (Å²) in [5.41, 5.74) is 2.37. The highest BCUT2D eigenvalue weighted by Gasteiger charge is 2.33. The van der Waals surface area contributed by atoms with Gasteiger partial charge in [0, 0.05) is 24.1 Å². The maximum Gasteiger partial charge on any atom is 0.573 e. The lowest BCUT2D eigenvalue weighted by molar-refractivity contribution is -0.275. The van der Waals surface area contributed by atoms with Crippen LogP contribution in [-0.2, 0) is 0 Å². The van der Waals surface area contributed by atoms with Gasteiger partial charge < -0.3 is 9.15 Å². The number of hydrogen-bond acceptors (Lipinski definition) is 5. The minimum absolute atomic E-state index is 0.148. The van der Waals surface area contributed by atoms with Crippen LogP contribution in [0.5, 0.6) is 5.75 Å². The van der Waals surface area contributed by atoms with Gasteiger partial charge in [-0.05, 0) is 54.4 Å². The quantitative estimate of drug-likeness (QED) is 0.313. The van der Waals surface area contributed by atoms with Crippen molar-refractivity contribution in [1.82, 2.24) is 9.97 Å². The molecule has 0 unspecified atom stereocenters. The normalized spacial score (nSPS) is 12.6. The predicted molar refractivity (Wildman–Crippen MR) is 110 cm³/mol. The lowest BCUT2D eigenvalue weighted by Gasteiger charge is -2.19. The summed E-state index contributed by atoms with van der Waals surface area (Å²) < 4.78 is 60.5. The van der Waals surface area contributed by atoms with Crippen LogP contribution in [0.1, 0.15) is 39.5 Å². The largest absolute Gasteiger partial charge is 0.573 e. The average molecular weight is 460 g/mol. The van der Waals surface area contributed by atoms with E-state index in [1.54, 1.807) is 19.1 Å². The molecule has 2 aromatic heterocycles. The number of aromatic amines is 1. The second kappa shape index (κ2) is 8.53. The first-order valence-corrected chi connectivity index (χ1v) is 9.73. The first kappa shape index (κ1) is 22.3. The fourth-order valence-corrected chi connectivity index (χ4v) is 3.61. The van der Waals surface area contributed by atoms with Crippen molar-refractivity contribution >= 4 is 16.9 Å². The number of Topliss-reactive ketones (excluding diaryl/α,β-unsaturated/α-hetero) is 1. The number of pyridine rings is 1. The van der Waals surface area contributed by atoms with Crippen LogP contribution < -0.4 is 10.5 Å². The van der Waals surface area contributed by atoms with Crippen LogP contribution in [0, 0.1) is 12.7 Å². The third-order valence-electron chi connectivity index (χ3n) is 5.09. The van der Waals surface area contributed by atoms with E-state index in [9.17, 15) is 27.2 Å². The molecule has 0 saturated carbocycles. The Labute approximate surface area is 183 Å². The van der Waals surface area contributed by atoms with Gasteiger partial charge >= 0.3 is 12.1 Å². The Morgan fingerprint density at radius 2 is 1.97 bits per heavy atom. The van der Waals surface area contributed by atoms with Gasteiger partial charge in [-0.15, -0.1) is 13.2 Å². The molecule has 0 aliphatic heterocycles. The van der Waals surface area contributed by atoms with Crippen LogP contribution in [-0.4, -0.2) is 22.1 Å². The van der Waals surface area contributed by atoms with Gasteiger partial charge in [0.1, 0.15) is 0 Å². The maximum absolute atomic E-state index is 14.4. The zero-order valence-corrected chi connectivity index (χ0v) is 17.1. The van der Waals surface area contributed by atoms with Gasteiger partial charge in [-0.25, -0.2) is 9.18 Å². The Morgan fingerprint density at radius 3 is 2.67 bits per heavy atom. The van der Waals surface area contributed by atoms with E-state index in [0.717, 1.165) is 17.7 Å². The summed E-state index contributed by atoms with van der Waals surface area (Å²) in [6, 6.07) is 10.9. The molecule has 0 fully saturated rings. The zero-order chi connectivity index (χ0) is 23.8. The highest BCUT2D eigenvalue weighted by atomic mass is 19.4. The number of nitrogens with zero attached hydrogens (tertiary/aromatic N) is 1. The number of aryl methyl sites for hydroxylation is 1. The summed E-state index contributed by atoms with van der Waals surface area (Å²) in [5, 5.41) is 0. The number of carbonyl (C=O) groups excluding carboxylic acids is 1. The average Bonchev–Trinajstić information content (AvgIpc) is 3.12. The monoisotopic (exact) mass is 460 g/mol. The van der Waals surface area contributed by atoms with Crippen molar-refractivity contribution in [1.29, 1.82) is 0 Å². The van der Waals surface area contributed by atoms with Crippen molar-refractivity contribution in [3.05, 3.63) is 93.5 Å². The Morgan fingerprint density at radius 1 is 1.18 bits per heavy atom. The van der Waals surface area contributed by atoms with E-state index in [1.165, 1.54) is 30.5 Å². The van der Waals surface area contributed by atoms with E-state index in [4.69, 9.17) is 4.42 Å². The van der Waals surface area contributed by atoms with Gasteiger partial charge in [-0.2, -0.15) is 0 Å². The van der Waals surface area contributed by atoms with Crippen LogP contribution in [0.15, 0.2) is 63.9 Å². The molecule has 0 spiro atoms. The molecule has 0 aliphatic rings. The number of benzene rings is 2. The van der Waals surface area contributed by atoms with Gasteiger partial charge in [-0.1, -0.05) is 12.1 Å². The Hall–Kier alpha value is -3.95. The molecule has 6 nitrogen and oxygen atoms in total. The summed E-state index contributed by atoms with van der Waals surface area (Å²) >= 11 is 0. The fraction of sp³-hybridized carbons (Fsp3) is 0.174. The number of nitrogens with one attached hydrogen (secondary N) is 1. The lowest BCUT2D eigenvalue weighted by atomic mass is 9.86. The Balaban J connectivity index is 1.71. The highest BCUT2D eigenvalue weighted by molar-refractivity contribution is 5.99. The molecule has 0 bridgehead atoms. The summed E-state index contributed by atoms with van der Waals surface area (Å²) in [6.07, 6.45) is -3.67. The van der Waals surface area contributed by atoms with Gasteiger partial charge in [-0.3, -0.25) is 14.8 Å². The number of aromatic nitrogens is 2. The van der Waals surface area contributed by atoms with E-state index in [-0.39, 0.29) is 28.9 Å². The van der Waals surface area contributed by atoms with Gasteiger partial charge in [0.2, 0.25) is 0 Å². The van der Waals surface area contributed by atoms with Crippen molar-refractivity contribution in [2.75, 3.05) is 0 Å². The van der Waals surface area contributed by atoms with E-state index < -0.39 is 29.6 Å². The molecular weight excluding hydrogens is 444 g/mol. The van der Waals surface area contributed by atoms with Crippen LogP contribution in [0.4, 0.5) is 17.6 Å². The molecule has 170 valence electrons. The summed E-state index contributed by atoms with van der Waals surface area (Å²) in [7, 11) is 0. The molecule has 4 rings (SSSR count). The number of fused-ring (bicyclic) bond motifs is 1. The second-order valence-electron chi connectivity index (χ2n) is 7.35. The van der Waals surface area contributed by atoms with Crippen molar-refractivity contribution in [2.45, 2.75) is 25.6 Å². The van der Waals surface area contributed by atoms with Gasteiger partial charge in [0.05, 0.1) is 11.2 Å². The van der Waals surface area contributed by atoms with Crippen molar-refractivity contribution in [2.24, 2.45) is 0 Å². The van der Waals surface area contributed by atoms with E-state index in [2.05, 4.69) is 14.7 Å². The van der Waals surface area contributed by atoms with Crippen molar-refractivity contribution in [3.8, 4) is 5.75 Å². The fourth-order valence-electron chi connectivity index (χ4n) is 3.61. The number of rotatable bonds is 6. The summed E-state index contributed by atoms with van der Waals surface area (Å²) in [5.74, 6) is -3.93. The molecule has 1 N–H and O–H groups in total. The zero-order valence-electron chi connectivity index (χ0n) is 17.1. The number of oxazole rings is 1. The molecule has 1 atom stereocenters. The number of ketones is 1. The minimum Gasteiger partial charge on any atom is -0.408 e. The molecular formula is C23H16F4N2O4. The van der Waals surface area contributed by atoms with Crippen LogP contribution in [0.2, 0.25) is 0 Å². The van der Waals surface area contributed by atoms with Crippen molar-refractivity contribution < 1.29 is 31.5 Å². The van der Waals surface area contributed by atoms with Crippen LogP contribution in [0.3, 0.4) is 0 Å². The van der Waals surface area contributed by atoms with Gasteiger partial charge in [0.15, 0.2) is 22.9 Å². The number of carbonyl (C=O) groups is 1. The second-order valence-corrected chi connectivity index (χ2v) is 7.35. The molecule has 0 radical (unpaired) electrons. The molecule has 4 aromatic rings. The SMILES string of the molecule is Cc1cccnc1[C@@H](CC(=O)c1ccc2oc(=O)[nH]c2c1)c1ccc(OC(F)(F)F)c(F)c1. The van der Waals surface area contributed by atoms with Gasteiger partial charge in [0.25, 0.3) is 0 Å². The lowest BCUT2D eigenvalue weighted by Crippen LogP contribution is -2.18. The smallest absolute Gasteiger partial charge is 0.408 e. The molecule has 2 heterocycles. The first-order valence-electron chi connectivity index (χ1n) is 9.73. The predicted octanol–water partition coefficient (Wildman–Crippen LogP) is 5.27.